The molecule has 0 radical (unpaired) electrons. The summed E-state index contributed by atoms with van der Waals surface area (Å²) in [6, 6.07) is 14.2. The normalized spacial score (nSPS) is 10.7. The molecule has 6 nitrogen and oxygen atoms in total. The molecule has 150 valence electrons. The number of nitrogens with one attached hydrogen (secondary N) is 1. The first-order valence-corrected chi connectivity index (χ1v) is 9.55. The van der Waals surface area contributed by atoms with E-state index in [1.807, 2.05) is 42.8 Å². The molecule has 3 aromatic rings. The molecule has 29 heavy (non-hydrogen) atoms. The minimum Gasteiger partial charge on any atom is -0.345 e. The Kier molecular flexibility index (Phi) is 6.03. The van der Waals surface area contributed by atoms with Crippen LogP contribution in [0.4, 0.5) is 5.69 Å². The van der Waals surface area contributed by atoms with Crippen LogP contribution < -0.4 is 5.32 Å². The van der Waals surface area contributed by atoms with E-state index in [-0.39, 0.29) is 11.8 Å². The van der Waals surface area contributed by atoms with Gasteiger partial charge in [0.05, 0.1) is 22.9 Å². The highest BCUT2D eigenvalue weighted by Gasteiger charge is 2.14. The van der Waals surface area contributed by atoms with Crippen LogP contribution in [-0.4, -0.2) is 40.6 Å². The van der Waals surface area contributed by atoms with Crippen molar-refractivity contribution >= 4 is 29.1 Å². The molecule has 0 atom stereocenters. The summed E-state index contributed by atoms with van der Waals surface area (Å²) < 4.78 is 1.90. The summed E-state index contributed by atoms with van der Waals surface area (Å²) in [7, 11) is 3.34. The van der Waals surface area contributed by atoms with Gasteiger partial charge in [-0.1, -0.05) is 23.7 Å². The van der Waals surface area contributed by atoms with Gasteiger partial charge in [-0.25, -0.2) is 0 Å². The average Bonchev–Trinajstić information content (AvgIpc) is 2.99. The number of carbonyl (C=O) groups is 2. The Bertz CT molecular complexity index is 1070. The largest absolute Gasteiger partial charge is 0.345 e. The molecule has 7 heteroatoms. The van der Waals surface area contributed by atoms with Crippen LogP contribution in [0.5, 0.6) is 0 Å². The van der Waals surface area contributed by atoms with Gasteiger partial charge in [-0.2, -0.15) is 5.10 Å². The second-order valence-corrected chi connectivity index (χ2v) is 7.54. The highest BCUT2D eigenvalue weighted by atomic mass is 35.5. The Morgan fingerprint density at radius 2 is 1.83 bits per heavy atom. The number of aromatic nitrogens is 2. The molecule has 0 aliphatic rings. The Morgan fingerprint density at radius 3 is 2.48 bits per heavy atom. The van der Waals surface area contributed by atoms with Crippen molar-refractivity contribution < 1.29 is 9.59 Å². The lowest BCUT2D eigenvalue weighted by Gasteiger charge is -2.13. The summed E-state index contributed by atoms with van der Waals surface area (Å²) in [5.41, 5.74) is 4.34. The zero-order valence-electron chi connectivity index (χ0n) is 16.9. The van der Waals surface area contributed by atoms with Gasteiger partial charge in [0.15, 0.2) is 0 Å². The van der Waals surface area contributed by atoms with E-state index < -0.39 is 0 Å². The summed E-state index contributed by atoms with van der Waals surface area (Å²) in [6.07, 6.45) is 0. The monoisotopic (exact) mass is 410 g/mol. The van der Waals surface area contributed by atoms with Crippen LogP contribution >= 0.6 is 11.6 Å². The third-order valence-corrected chi connectivity index (χ3v) is 4.82. The van der Waals surface area contributed by atoms with Gasteiger partial charge >= 0.3 is 0 Å². The summed E-state index contributed by atoms with van der Waals surface area (Å²) in [5, 5.41) is 7.63. The van der Waals surface area contributed by atoms with Crippen molar-refractivity contribution in [1.82, 2.24) is 14.7 Å². The molecule has 0 bridgehead atoms. The van der Waals surface area contributed by atoms with Crippen LogP contribution in [0, 0.1) is 13.8 Å². The van der Waals surface area contributed by atoms with E-state index in [9.17, 15) is 9.59 Å². The van der Waals surface area contributed by atoms with Crippen LogP contribution in [0.1, 0.15) is 37.7 Å². The minimum atomic E-state index is -0.295. The highest BCUT2D eigenvalue weighted by Crippen LogP contribution is 2.24. The molecule has 0 fully saturated rings. The molecule has 2 amide bonds. The van der Waals surface area contributed by atoms with Crippen LogP contribution in [0.3, 0.4) is 0 Å². The Hall–Kier alpha value is -3.12. The summed E-state index contributed by atoms with van der Waals surface area (Å²) >= 11 is 6.22. The number of benzene rings is 2. The lowest BCUT2D eigenvalue weighted by atomic mass is 10.1. The van der Waals surface area contributed by atoms with Crippen molar-refractivity contribution in [2.24, 2.45) is 0 Å². The summed E-state index contributed by atoms with van der Waals surface area (Å²) in [5.74, 6) is -0.458. The smallest absolute Gasteiger partial charge is 0.255 e. The minimum absolute atomic E-state index is 0.163. The third-order valence-electron chi connectivity index (χ3n) is 4.49. The van der Waals surface area contributed by atoms with E-state index in [1.54, 1.807) is 38.4 Å². The Labute approximate surface area is 175 Å². The predicted molar refractivity (Wildman–Crippen MR) is 115 cm³/mol. The molecule has 0 saturated heterocycles. The molecule has 0 aliphatic heterocycles. The van der Waals surface area contributed by atoms with E-state index in [0.717, 1.165) is 17.0 Å². The predicted octanol–water partition coefficient (Wildman–Crippen LogP) is 4.16. The van der Waals surface area contributed by atoms with E-state index in [4.69, 9.17) is 11.6 Å². The van der Waals surface area contributed by atoms with Gasteiger partial charge < -0.3 is 10.2 Å². The molecule has 3 rings (SSSR count). The van der Waals surface area contributed by atoms with Gasteiger partial charge in [-0.15, -0.1) is 0 Å². The number of rotatable bonds is 5. The van der Waals surface area contributed by atoms with Crippen molar-refractivity contribution in [2.75, 3.05) is 19.4 Å². The zero-order valence-corrected chi connectivity index (χ0v) is 17.6. The van der Waals surface area contributed by atoms with Crippen molar-refractivity contribution in [3.05, 3.63) is 81.6 Å². The molecule has 2 aromatic carbocycles. The zero-order chi connectivity index (χ0) is 21.1. The number of amides is 2. The van der Waals surface area contributed by atoms with E-state index in [2.05, 4.69) is 10.4 Å². The molecule has 0 spiro atoms. The van der Waals surface area contributed by atoms with Crippen molar-refractivity contribution in [3.63, 3.8) is 0 Å². The lowest BCUT2D eigenvalue weighted by Crippen LogP contribution is -2.22. The SMILES string of the molecule is Cc1cc(C)n(Cc2cccc(C(=O)Nc3cc(C(=O)N(C)C)ccc3Cl)c2)n1. The van der Waals surface area contributed by atoms with Gasteiger partial charge in [0, 0.05) is 30.9 Å². The third kappa shape index (κ3) is 4.84. The van der Waals surface area contributed by atoms with Crippen molar-refractivity contribution in [3.8, 4) is 0 Å². The number of halogens is 1. The number of aryl methyl sites for hydroxylation is 2. The van der Waals surface area contributed by atoms with E-state index in [1.165, 1.54) is 4.90 Å². The quantitative estimate of drug-likeness (QED) is 0.686. The van der Waals surface area contributed by atoms with Crippen LogP contribution in [0.2, 0.25) is 5.02 Å². The first-order valence-electron chi connectivity index (χ1n) is 9.17. The number of hydrogen-bond acceptors (Lipinski definition) is 3. The fourth-order valence-electron chi connectivity index (χ4n) is 3.03. The van der Waals surface area contributed by atoms with Gasteiger partial charge in [0.25, 0.3) is 11.8 Å². The number of carbonyl (C=O) groups excluding carboxylic acids is 2. The van der Waals surface area contributed by atoms with Gasteiger partial charge in [0.2, 0.25) is 0 Å². The number of anilines is 1. The standard InChI is InChI=1S/C22H23ClN4O2/c1-14-10-15(2)27(25-14)13-16-6-5-7-17(11-16)21(28)24-20-12-18(8-9-19(20)23)22(29)26(3)4/h5-12H,13H2,1-4H3,(H,24,28). The summed E-state index contributed by atoms with van der Waals surface area (Å²) in [6.45, 7) is 4.53. The molecular formula is C22H23ClN4O2. The number of hydrogen-bond donors (Lipinski definition) is 1. The fraction of sp³-hybridized carbons (Fsp3) is 0.227. The van der Waals surface area contributed by atoms with Gasteiger partial charge in [-0.05, 0) is 55.8 Å². The molecule has 1 N–H and O–H groups in total. The fourth-order valence-corrected chi connectivity index (χ4v) is 3.19. The second kappa shape index (κ2) is 8.49. The maximum Gasteiger partial charge on any atom is 0.255 e. The maximum absolute atomic E-state index is 12.8. The van der Waals surface area contributed by atoms with E-state index in [0.29, 0.717) is 28.4 Å². The van der Waals surface area contributed by atoms with Crippen molar-refractivity contribution in [2.45, 2.75) is 20.4 Å². The lowest BCUT2D eigenvalue weighted by molar-refractivity contribution is 0.0827. The highest BCUT2D eigenvalue weighted by molar-refractivity contribution is 6.34. The summed E-state index contributed by atoms with van der Waals surface area (Å²) in [4.78, 5) is 26.4. The Morgan fingerprint density at radius 1 is 1.07 bits per heavy atom. The molecule has 1 aromatic heterocycles. The number of nitrogens with zero attached hydrogens (tertiary/aromatic N) is 3. The molecule has 0 unspecified atom stereocenters. The molecule has 1 heterocycles. The van der Waals surface area contributed by atoms with E-state index >= 15 is 0 Å². The van der Waals surface area contributed by atoms with Crippen LogP contribution in [-0.2, 0) is 6.54 Å². The van der Waals surface area contributed by atoms with Crippen LogP contribution in [0.15, 0.2) is 48.5 Å². The first-order chi connectivity index (χ1) is 13.7. The molecule has 0 saturated carbocycles. The molecule has 0 aliphatic carbocycles. The maximum atomic E-state index is 12.8. The molecular weight excluding hydrogens is 388 g/mol. The average molecular weight is 411 g/mol. The van der Waals surface area contributed by atoms with Gasteiger partial charge in [0.1, 0.15) is 0 Å². The van der Waals surface area contributed by atoms with Gasteiger partial charge in [-0.3, -0.25) is 14.3 Å². The van der Waals surface area contributed by atoms with Crippen molar-refractivity contribution in [1.29, 1.82) is 0 Å². The second-order valence-electron chi connectivity index (χ2n) is 7.13. The first kappa shape index (κ1) is 20.6. The Balaban J connectivity index is 1.80. The van der Waals surface area contributed by atoms with Crippen LogP contribution in [0.25, 0.3) is 0 Å². The topological polar surface area (TPSA) is 67.2 Å².